The van der Waals surface area contributed by atoms with Crippen LogP contribution in [0.4, 0.5) is 0 Å². The minimum atomic E-state index is -0.0458. The van der Waals surface area contributed by atoms with Crippen LogP contribution in [0.25, 0.3) is 22.0 Å². The first-order valence-corrected chi connectivity index (χ1v) is 9.13. The summed E-state index contributed by atoms with van der Waals surface area (Å²) >= 11 is 0. The number of benzene rings is 1. The molecule has 0 saturated carbocycles. The van der Waals surface area contributed by atoms with Gasteiger partial charge in [0.1, 0.15) is 11.5 Å². The number of aromatic nitrogens is 3. The maximum Gasteiger partial charge on any atom is 0.251 e. The lowest BCUT2D eigenvalue weighted by Crippen LogP contribution is -2.20. The molecule has 0 aliphatic heterocycles. The lowest BCUT2D eigenvalue weighted by atomic mass is 10.0. The van der Waals surface area contributed by atoms with Crippen LogP contribution in [-0.2, 0) is 13.0 Å². The molecule has 0 aliphatic rings. The maximum absolute atomic E-state index is 12.6. The van der Waals surface area contributed by atoms with Gasteiger partial charge in [0.15, 0.2) is 0 Å². The molecular formula is C22H21N3O3. The van der Waals surface area contributed by atoms with Gasteiger partial charge in [-0.2, -0.15) is 0 Å². The topological polar surface area (TPSA) is 70.2 Å². The molecule has 6 heteroatoms. The van der Waals surface area contributed by atoms with E-state index in [1.807, 2.05) is 50.2 Å². The minimum Gasteiger partial charge on any atom is -0.496 e. The Morgan fingerprint density at radius 1 is 1.14 bits per heavy atom. The van der Waals surface area contributed by atoms with E-state index in [-0.39, 0.29) is 5.56 Å². The first kappa shape index (κ1) is 18.0. The van der Waals surface area contributed by atoms with Crippen molar-refractivity contribution in [2.45, 2.75) is 26.8 Å². The first-order chi connectivity index (χ1) is 13.6. The summed E-state index contributed by atoms with van der Waals surface area (Å²) in [5.41, 5.74) is 4.36. The summed E-state index contributed by atoms with van der Waals surface area (Å²) in [5, 5.41) is 5.01. The molecule has 4 aromatic rings. The Labute approximate surface area is 162 Å². The zero-order chi connectivity index (χ0) is 19.7. The van der Waals surface area contributed by atoms with Gasteiger partial charge in [-0.1, -0.05) is 11.2 Å². The molecule has 3 heterocycles. The van der Waals surface area contributed by atoms with Crippen LogP contribution in [0.1, 0.15) is 17.1 Å². The van der Waals surface area contributed by atoms with E-state index in [2.05, 4.69) is 10.1 Å². The molecule has 0 saturated heterocycles. The average Bonchev–Trinajstić information content (AvgIpc) is 3.05. The molecule has 0 aliphatic carbocycles. The fourth-order valence-electron chi connectivity index (χ4n) is 3.56. The fourth-order valence-corrected chi connectivity index (χ4v) is 3.56. The van der Waals surface area contributed by atoms with Crippen molar-refractivity contribution in [2.24, 2.45) is 0 Å². The van der Waals surface area contributed by atoms with Gasteiger partial charge < -0.3 is 13.8 Å². The number of aryl methyl sites for hydroxylation is 4. The summed E-state index contributed by atoms with van der Waals surface area (Å²) in [4.78, 5) is 16.9. The fraction of sp³-hybridized carbons (Fsp3) is 0.227. The van der Waals surface area contributed by atoms with Gasteiger partial charge in [-0.25, -0.2) is 0 Å². The molecule has 6 nitrogen and oxygen atoms in total. The van der Waals surface area contributed by atoms with Gasteiger partial charge in [-0.15, -0.1) is 0 Å². The zero-order valence-corrected chi connectivity index (χ0v) is 16.1. The Balaban J connectivity index is 1.84. The highest BCUT2D eigenvalue weighted by atomic mass is 16.5. The second kappa shape index (κ2) is 7.31. The molecule has 4 rings (SSSR count). The lowest BCUT2D eigenvalue weighted by molar-refractivity contribution is 0.393. The van der Waals surface area contributed by atoms with Gasteiger partial charge in [0, 0.05) is 42.6 Å². The Morgan fingerprint density at radius 2 is 2.00 bits per heavy atom. The largest absolute Gasteiger partial charge is 0.496 e. The standard InChI is InChI=1S/C22H21N3O3/c1-14-22(15(2)28-24-14)18-12-16-7-8-21(26)25(19(16)13-20(18)27-3)11-9-17-6-4-5-10-23-17/h4-8,10,12-13H,9,11H2,1-3H3. The number of fused-ring (bicyclic) bond motifs is 1. The van der Waals surface area contributed by atoms with Gasteiger partial charge in [0.25, 0.3) is 5.56 Å². The van der Waals surface area contributed by atoms with Gasteiger partial charge >= 0.3 is 0 Å². The number of nitrogens with zero attached hydrogens (tertiary/aromatic N) is 3. The first-order valence-electron chi connectivity index (χ1n) is 9.13. The van der Waals surface area contributed by atoms with E-state index < -0.39 is 0 Å². The molecule has 0 radical (unpaired) electrons. The van der Waals surface area contributed by atoms with E-state index in [0.717, 1.165) is 39.2 Å². The van der Waals surface area contributed by atoms with E-state index >= 15 is 0 Å². The van der Waals surface area contributed by atoms with Crippen LogP contribution in [0.5, 0.6) is 5.75 Å². The number of rotatable bonds is 5. The monoisotopic (exact) mass is 375 g/mol. The summed E-state index contributed by atoms with van der Waals surface area (Å²) in [7, 11) is 1.63. The predicted molar refractivity (Wildman–Crippen MR) is 108 cm³/mol. The number of hydrogen-bond donors (Lipinski definition) is 0. The summed E-state index contributed by atoms with van der Waals surface area (Å²) in [6, 6.07) is 13.2. The van der Waals surface area contributed by atoms with E-state index in [4.69, 9.17) is 9.26 Å². The normalized spacial score (nSPS) is 11.1. The van der Waals surface area contributed by atoms with Gasteiger partial charge in [0.05, 0.1) is 23.9 Å². The molecule has 142 valence electrons. The molecule has 3 aromatic heterocycles. The van der Waals surface area contributed by atoms with E-state index in [1.54, 1.807) is 23.9 Å². The Bertz CT molecular complexity index is 1170. The second-order valence-corrected chi connectivity index (χ2v) is 6.70. The third-order valence-electron chi connectivity index (χ3n) is 4.93. The van der Waals surface area contributed by atoms with Crippen molar-refractivity contribution in [3.05, 3.63) is 76.2 Å². The molecule has 0 N–H and O–H groups in total. The van der Waals surface area contributed by atoms with Crippen molar-refractivity contribution >= 4 is 10.9 Å². The third kappa shape index (κ3) is 3.17. The van der Waals surface area contributed by atoms with E-state index in [0.29, 0.717) is 18.7 Å². The Hall–Kier alpha value is -3.41. The van der Waals surface area contributed by atoms with Gasteiger partial charge in [-0.05, 0) is 43.5 Å². The highest BCUT2D eigenvalue weighted by Crippen LogP contribution is 2.37. The van der Waals surface area contributed by atoms with E-state index in [1.165, 1.54) is 0 Å². The smallest absolute Gasteiger partial charge is 0.251 e. The second-order valence-electron chi connectivity index (χ2n) is 6.70. The molecule has 0 fully saturated rings. The molecule has 0 atom stereocenters. The highest BCUT2D eigenvalue weighted by Gasteiger charge is 2.18. The van der Waals surface area contributed by atoms with Crippen LogP contribution < -0.4 is 10.3 Å². The molecule has 0 amide bonds. The van der Waals surface area contributed by atoms with Crippen LogP contribution in [0.15, 0.2) is 58.0 Å². The van der Waals surface area contributed by atoms with Crippen LogP contribution >= 0.6 is 0 Å². The van der Waals surface area contributed by atoms with Crippen molar-refractivity contribution in [3.8, 4) is 16.9 Å². The van der Waals surface area contributed by atoms with Crippen LogP contribution in [0.2, 0.25) is 0 Å². The highest BCUT2D eigenvalue weighted by molar-refractivity contribution is 5.89. The van der Waals surface area contributed by atoms with Crippen molar-refractivity contribution in [1.82, 2.24) is 14.7 Å². The predicted octanol–water partition coefficient (Wildman–Crippen LogP) is 3.92. The Morgan fingerprint density at radius 3 is 2.68 bits per heavy atom. The van der Waals surface area contributed by atoms with Crippen molar-refractivity contribution in [2.75, 3.05) is 7.11 Å². The zero-order valence-electron chi connectivity index (χ0n) is 16.1. The molecule has 0 bridgehead atoms. The summed E-state index contributed by atoms with van der Waals surface area (Å²) in [6.45, 7) is 4.33. The van der Waals surface area contributed by atoms with Crippen molar-refractivity contribution in [1.29, 1.82) is 0 Å². The third-order valence-corrected chi connectivity index (χ3v) is 4.93. The molecule has 0 unspecified atom stereocenters. The number of hydrogen-bond acceptors (Lipinski definition) is 5. The molecule has 1 aromatic carbocycles. The number of ether oxygens (including phenoxy) is 1. The number of methoxy groups -OCH3 is 1. The van der Waals surface area contributed by atoms with Gasteiger partial charge in [-0.3, -0.25) is 9.78 Å². The SMILES string of the molecule is COc1cc2c(ccc(=O)n2CCc2ccccn2)cc1-c1c(C)noc1C. The maximum atomic E-state index is 12.6. The Kier molecular flexibility index (Phi) is 4.69. The molecule has 0 spiro atoms. The average molecular weight is 375 g/mol. The van der Waals surface area contributed by atoms with Crippen LogP contribution in [0, 0.1) is 13.8 Å². The van der Waals surface area contributed by atoms with Gasteiger partial charge in [0.2, 0.25) is 0 Å². The molecule has 28 heavy (non-hydrogen) atoms. The lowest BCUT2D eigenvalue weighted by Gasteiger charge is -2.14. The van der Waals surface area contributed by atoms with Crippen molar-refractivity contribution < 1.29 is 9.26 Å². The summed E-state index contributed by atoms with van der Waals surface area (Å²) in [5.74, 6) is 1.41. The number of pyridine rings is 2. The minimum absolute atomic E-state index is 0.0458. The van der Waals surface area contributed by atoms with E-state index in [9.17, 15) is 4.79 Å². The quantitative estimate of drug-likeness (QED) is 0.529. The van der Waals surface area contributed by atoms with Crippen LogP contribution in [-0.4, -0.2) is 21.8 Å². The summed E-state index contributed by atoms with van der Waals surface area (Å²) in [6.07, 6.45) is 2.44. The summed E-state index contributed by atoms with van der Waals surface area (Å²) < 4.78 is 12.7. The van der Waals surface area contributed by atoms with Crippen LogP contribution in [0.3, 0.4) is 0 Å². The van der Waals surface area contributed by atoms with Crippen molar-refractivity contribution in [3.63, 3.8) is 0 Å². The molecular weight excluding hydrogens is 354 g/mol.